The molecule has 16 heavy (non-hydrogen) atoms. The zero-order valence-electron chi connectivity index (χ0n) is 8.36. The molecule has 0 radical (unpaired) electrons. The number of nitrogens with zero attached hydrogens (tertiary/aromatic N) is 2. The Kier molecular flexibility index (Phi) is 2.27. The second-order valence-electron chi connectivity index (χ2n) is 3.67. The van der Waals surface area contributed by atoms with Crippen LogP contribution in [0.3, 0.4) is 0 Å². The first-order valence-corrected chi connectivity index (χ1v) is 4.66. The third-order valence-electron chi connectivity index (χ3n) is 2.49. The predicted octanol–water partition coefficient (Wildman–Crippen LogP) is 2.92. The number of rotatable bonds is 2. The summed E-state index contributed by atoms with van der Waals surface area (Å²) in [5, 5.41) is 15.4. The first-order valence-electron chi connectivity index (χ1n) is 4.66. The molecule has 0 amide bonds. The summed E-state index contributed by atoms with van der Waals surface area (Å²) in [4.78, 5) is 0. The van der Waals surface area contributed by atoms with E-state index in [1.54, 1.807) is 6.92 Å². The standard InChI is InChI=1S/C10H9F3N2O/c1-6(16)7-2-4-8(5-3-7)9(14-15-9)10(11,12)13/h2-6,16H,1H3. The lowest BCUT2D eigenvalue weighted by Gasteiger charge is -2.15. The van der Waals surface area contributed by atoms with Gasteiger partial charge in [0, 0.05) is 5.56 Å². The van der Waals surface area contributed by atoms with Crippen LogP contribution in [0.2, 0.25) is 0 Å². The van der Waals surface area contributed by atoms with Gasteiger partial charge in [0.1, 0.15) is 0 Å². The maximum atomic E-state index is 12.6. The van der Waals surface area contributed by atoms with Gasteiger partial charge in [0.2, 0.25) is 0 Å². The van der Waals surface area contributed by atoms with Gasteiger partial charge in [0.25, 0.3) is 0 Å². The highest BCUT2D eigenvalue weighted by atomic mass is 19.4. The van der Waals surface area contributed by atoms with Gasteiger partial charge in [-0.25, -0.2) is 0 Å². The summed E-state index contributed by atoms with van der Waals surface area (Å²) in [5.41, 5.74) is -1.84. The zero-order valence-corrected chi connectivity index (χ0v) is 8.36. The van der Waals surface area contributed by atoms with Gasteiger partial charge >= 0.3 is 11.8 Å². The van der Waals surface area contributed by atoms with Crippen molar-refractivity contribution in [1.29, 1.82) is 0 Å². The van der Waals surface area contributed by atoms with E-state index in [1.807, 2.05) is 0 Å². The molecule has 0 aromatic heterocycles. The van der Waals surface area contributed by atoms with Crippen molar-refractivity contribution in [3.8, 4) is 0 Å². The predicted molar refractivity (Wildman–Crippen MR) is 49.7 cm³/mol. The number of hydrogen-bond acceptors (Lipinski definition) is 3. The van der Waals surface area contributed by atoms with Crippen LogP contribution in [0.1, 0.15) is 24.2 Å². The van der Waals surface area contributed by atoms with E-state index < -0.39 is 17.9 Å². The van der Waals surface area contributed by atoms with Crippen molar-refractivity contribution < 1.29 is 18.3 Å². The van der Waals surface area contributed by atoms with E-state index in [-0.39, 0.29) is 5.56 Å². The Bertz CT molecular complexity index is 417. The highest BCUT2D eigenvalue weighted by molar-refractivity contribution is 5.33. The molecule has 0 saturated heterocycles. The summed E-state index contributed by atoms with van der Waals surface area (Å²) in [7, 11) is 0. The SMILES string of the molecule is CC(O)c1ccc(C2(C(F)(F)F)N=N2)cc1. The third kappa shape index (κ3) is 1.59. The molecular formula is C10H9F3N2O. The van der Waals surface area contributed by atoms with Crippen LogP contribution >= 0.6 is 0 Å². The summed E-state index contributed by atoms with van der Waals surface area (Å²) in [6.07, 6.45) is -5.21. The second-order valence-corrected chi connectivity index (χ2v) is 3.67. The number of alkyl halides is 3. The van der Waals surface area contributed by atoms with Crippen molar-refractivity contribution in [3.63, 3.8) is 0 Å². The minimum absolute atomic E-state index is 0.0237. The molecule has 0 fully saturated rings. The van der Waals surface area contributed by atoms with E-state index in [1.165, 1.54) is 24.3 Å². The molecule has 86 valence electrons. The molecule has 1 N–H and O–H groups in total. The van der Waals surface area contributed by atoms with Gasteiger partial charge in [-0.1, -0.05) is 24.3 Å². The van der Waals surface area contributed by atoms with Crippen LogP contribution in [0, 0.1) is 0 Å². The molecule has 0 saturated carbocycles. The molecule has 1 aliphatic heterocycles. The first kappa shape index (κ1) is 11.1. The topological polar surface area (TPSA) is 45.0 Å². The maximum absolute atomic E-state index is 12.6. The van der Waals surface area contributed by atoms with E-state index in [4.69, 9.17) is 0 Å². The van der Waals surface area contributed by atoms with Crippen LogP contribution in [0.25, 0.3) is 0 Å². The van der Waals surface area contributed by atoms with Gasteiger partial charge in [0.15, 0.2) is 0 Å². The Morgan fingerprint density at radius 3 is 2.00 bits per heavy atom. The van der Waals surface area contributed by atoms with Crippen LogP contribution in [0.5, 0.6) is 0 Å². The van der Waals surface area contributed by atoms with E-state index in [0.29, 0.717) is 5.56 Å². The van der Waals surface area contributed by atoms with Crippen LogP contribution in [-0.2, 0) is 5.66 Å². The van der Waals surface area contributed by atoms with E-state index in [9.17, 15) is 18.3 Å². The van der Waals surface area contributed by atoms with Crippen LogP contribution in [-0.4, -0.2) is 11.3 Å². The fourth-order valence-electron chi connectivity index (χ4n) is 1.44. The Hall–Kier alpha value is -1.43. The van der Waals surface area contributed by atoms with Gasteiger partial charge in [-0.15, -0.1) is 10.2 Å². The van der Waals surface area contributed by atoms with E-state index >= 15 is 0 Å². The van der Waals surface area contributed by atoms with E-state index in [2.05, 4.69) is 10.2 Å². The second kappa shape index (κ2) is 3.28. The van der Waals surface area contributed by atoms with Crippen LogP contribution in [0.15, 0.2) is 34.5 Å². The van der Waals surface area contributed by atoms with Gasteiger partial charge in [0.05, 0.1) is 6.10 Å². The van der Waals surface area contributed by atoms with E-state index in [0.717, 1.165) is 0 Å². The van der Waals surface area contributed by atoms with Gasteiger partial charge in [-0.05, 0) is 12.5 Å². The quantitative estimate of drug-likeness (QED) is 0.834. The maximum Gasteiger partial charge on any atom is 0.442 e. The molecule has 3 nitrogen and oxygen atoms in total. The summed E-state index contributed by atoms with van der Waals surface area (Å²) >= 11 is 0. The minimum Gasteiger partial charge on any atom is -0.389 e. The Balaban J connectivity index is 2.30. The number of hydrogen-bond donors (Lipinski definition) is 1. The van der Waals surface area contributed by atoms with Crippen molar-refractivity contribution >= 4 is 0 Å². The molecule has 0 spiro atoms. The van der Waals surface area contributed by atoms with Crippen LogP contribution < -0.4 is 0 Å². The fraction of sp³-hybridized carbons (Fsp3) is 0.400. The Morgan fingerprint density at radius 2 is 1.69 bits per heavy atom. The number of benzene rings is 1. The fourth-order valence-corrected chi connectivity index (χ4v) is 1.44. The molecule has 1 aliphatic rings. The molecule has 1 aromatic rings. The molecular weight excluding hydrogens is 221 g/mol. The molecule has 1 unspecified atom stereocenters. The lowest BCUT2D eigenvalue weighted by Crippen LogP contribution is -2.30. The summed E-state index contributed by atoms with van der Waals surface area (Å²) in [5.74, 6) is 0. The monoisotopic (exact) mass is 230 g/mol. The van der Waals surface area contributed by atoms with Crippen molar-refractivity contribution in [1.82, 2.24) is 0 Å². The highest BCUT2D eigenvalue weighted by Crippen LogP contribution is 2.52. The number of aliphatic hydroxyl groups is 1. The third-order valence-corrected chi connectivity index (χ3v) is 2.49. The number of halogens is 3. The molecule has 1 heterocycles. The van der Waals surface area contributed by atoms with Gasteiger partial charge < -0.3 is 5.11 Å². The largest absolute Gasteiger partial charge is 0.442 e. The van der Waals surface area contributed by atoms with Crippen molar-refractivity contribution in [2.75, 3.05) is 0 Å². The molecule has 6 heteroatoms. The summed E-state index contributed by atoms with van der Waals surface area (Å²) < 4.78 is 37.8. The summed E-state index contributed by atoms with van der Waals surface area (Å²) in [6, 6.07) is 5.46. The molecule has 0 aliphatic carbocycles. The molecule has 2 rings (SSSR count). The smallest absolute Gasteiger partial charge is 0.389 e. The Labute approximate surface area is 89.6 Å². The molecule has 0 bridgehead atoms. The van der Waals surface area contributed by atoms with Crippen molar-refractivity contribution in [3.05, 3.63) is 35.4 Å². The lowest BCUT2D eigenvalue weighted by molar-refractivity contribution is -0.166. The van der Waals surface area contributed by atoms with Gasteiger partial charge in [-0.2, -0.15) is 13.2 Å². The summed E-state index contributed by atoms with van der Waals surface area (Å²) in [6.45, 7) is 1.54. The van der Waals surface area contributed by atoms with Crippen molar-refractivity contribution in [2.24, 2.45) is 10.2 Å². The minimum atomic E-state index is -4.50. The number of aliphatic hydroxyl groups excluding tert-OH is 1. The first-order chi connectivity index (χ1) is 7.37. The normalized spacial score (nSPS) is 19.6. The van der Waals surface area contributed by atoms with Gasteiger partial charge in [-0.3, -0.25) is 0 Å². The Morgan fingerprint density at radius 1 is 1.19 bits per heavy atom. The average molecular weight is 230 g/mol. The average Bonchev–Trinajstić information content (AvgIpc) is 2.97. The van der Waals surface area contributed by atoms with Crippen molar-refractivity contribution in [2.45, 2.75) is 24.9 Å². The van der Waals surface area contributed by atoms with Crippen LogP contribution in [0.4, 0.5) is 13.2 Å². The lowest BCUT2D eigenvalue weighted by atomic mass is 10.00. The highest BCUT2D eigenvalue weighted by Gasteiger charge is 2.65. The molecule has 1 atom stereocenters. The zero-order chi connectivity index (χ0) is 12.0. The molecule has 1 aromatic carbocycles.